The number of carbonyl (C=O) groups is 3. The summed E-state index contributed by atoms with van der Waals surface area (Å²) in [6, 6.07) is 1.45. The molecule has 0 aliphatic carbocycles. The van der Waals surface area contributed by atoms with Crippen LogP contribution in [-0.2, 0) is 17.5 Å². The van der Waals surface area contributed by atoms with E-state index in [-0.39, 0.29) is 28.6 Å². The molecule has 2 heterocycles. The molecule has 3 N–H and O–H groups in total. The first kappa shape index (κ1) is 28.6. The van der Waals surface area contributed by atoms with Gasteiger partial charge in [0.1, 0.15) is 33.5 Å². The highest BCUT2D eigenvalue weighted by molar-refractivity contribution is 7.13. The molecule has 0 aliphatic heterocycles. The molecule has 0 spiro atoms. The van der Waals surface area contributed by atoms with Crippen LogP contribution in [0.4, 0.5) is 29.1 Å². The summed E-state index contributed by atoms with van der Waals surface area (Å²) in [5.41, 5.74) is -1.29. The Kier molecular flexibility index (Phi) is 9.06. The van der Waals surface area contributed by atoms with E-state index in [1.807, 2.05) is 18.9 Å². The number of amides is 3. The third-order valence-electron chi connectivity index (χ3n) is 5.32. The van der Waals surface area contributed by atoms with Crippen LogP contribution < -0.4 is 16.0 Å². The Hall–Kier alpha value is -3.98. The van der Waals surface area contributed by atoms with Gasteiger partial charge in [0.15, 0.2) is 0 Å². The zero-order valence-corrected chi connectivity index (χ0v) is 21.2. The summed E-state index contributed by atoms with van der Waals surface area (Å²) < 4.78 is 52.4. The van der Waals surface area contributed by atoms with Crippen LogP contribution in [-0.4, -0.2) is 51.7 Å². The maximum absolute atomic E-state index is 13.5. The quantitative estimate of drug-likeness (QED) is 0.257. The fourth-order valence-corrected chi connectivity index (χ4v) is 4.07. The van der Waals surface area contributed by atoms with E-state index in [4.69, 9.17) is 0 Å². The fraction of sp³-hybridized carbons (Fsp3) is 0.304. The number of nitrogens with one attached hydrogen (secondary N) is 3. The number of anilines is 2. The van der Waals surface area contributed by atoms with Crippen LogP contribution in [0, 0.1) is 5.82 Å². The highest BCUT2D eigenvalue weighted by Crippen LogP contribution is 2.33. The van der Waals surface area contributed by atoms with Gasteiger partial charge in [-0.2, -0.15) is 13.2 Å². The van der Waals surface area contributed by atoms with E-state index in [1.165, 1.54) is 6.20 Å². The topological polar surface area (TPSA) is 129 Å². The minimum Gasteiger partial charge on any atom is -0.342 e. The number of alkyl halides is 3. The number of thiazole rings is 1. The zero-order valence-electron chi connectivity index (χ0n) is 20.4. The molecule has 1 unspecified atom stereocenters. The van der Waals surface area contributed by atoms with Crippen LogP contribution in [0.25, 0.3) is 0 Å². The van der Waals surface area contributed by atoms with Gasteiger partial charge in [-0.05, 0) is 38.7 Å². The summed E-state index contributed by atoms with van der Waals surface area (Å²) in [6.07, 6.45) is -2.12. The van der Waals surface area contributed by atoms with Gasteiger partial charge in [0, 0.05) is 17.8 Å². The third-order valence-corrected chi connectivity index (χ3v) is 6.50. The van der Waals surface area contributed by atoms with Crippen LogP contribution in [0.1, 0.15) is 56.2 Å². The van der Waals surface area contributed by atoms with E-state index in [0.29, 0.717) is 35.7 Å². The molecular weight excluding hydrogens is 530 g/mol. The summed E-state index contributed by atoms with van der Waals surface area (Å²) in [7, 11) is 1.82. The number of carbonyl (C=O) groups excluding carboxylic acids is 3. The Morgan fingerprint density at radius 2 is 1.92 bits per heavy atom. The average Bonchev–Trinajstić information content (AvgIpc) is 3.36. The van der Waals surface area contributed by atoms with Crippen LogP contribution in [0.3, 0.4) is 0 Å². The standard InChI is InChI=1S/C23H23F4N7O3S/c1-4-34(3)9-14-18(29-10-30-19(14)31-11-35)21(37)32-12(2)22-28-8-17(38-22)20(36)33-13-5-6-16(24)15(7-13)23(25,26)27/h5-8,10-12H,4,9H2,1-3H3,(H,32,37)(H,33,36)(H,29,30,31,35). The SMILES string of the molecule is CCN(C)Cc1c(NC=O)ncnc1C(=O)NC(C)c1ncc(C(=O)Nc2ccc(F)c(C(F)(F)F)c2)s1. The molecule has 3 amide bonds. The molecule has 3 aromatic rings. The van der Waals surface area contributed by atoms with Crippen LogP contribution in [0.2, 0.25) is 0 Å². The van der Waals surface area contributed by atoms with Gasteiger partial charge in [-0.1, -0.05) is 6.92 Å². The molecule has 10 nitrogen and oxygen atoms in total. The highest BCUT2D eigenvalue weighted by Gasteiger charge is 2.34. The molecular formula is C23H23F4N7O3S. The fourth-order valence-electron chi connectivity index (χ4n) is 3.25. The Bertz CT molecular complexity index is 1330. The van der Waals surface area contributed by atoms with Gasteiger partial charge < -0.3 is 20.9 Å². The second kappa shape index (κ2) is 12.0. The third kappa shape index (κ3) is 6.86. The lowest BCUT2D eigenvalue weighted by Gasteiger charge is -2.19. The van der Waals surface area contributed by atoms with E-state index < -0.39 is 35.4 Å². The van der Waals surface area contributed by atoms with Crippen LogP contribution in [0.5, 0.6) is 0 Å². The van der Waals surface area contributed by atoms with Gasteiger partial charge in [0.25, 0.3) is 11.8 Å². The van der Waals surface area contributed by atoms with Gasteiger partial charge in [-0.3, -0.25) is 14.4 Å². The second-order valence-electron chi connectivity index (χ2n) is 8.05. The summed E-state index contributed by atoms with van der Waals surface area (Å²) >= 11 is 0.914. The van der Waals surface area contributed by atoms with E-state index in [0.717, 1.165) is 23.7 Å². The minimum absolute atomic E-state index is 0.0443. The lowest BCUT2D eigenvalue weighted by molar-refractivity contribution is -0.139. The monoisotopic (exact) mass is 553 g/mol. The van der Waals surface area contributed by atoms with Crippen molar-refractivity contribution >= 4 is 41.1 Å². The second-order valence-corrected chi connectivity index (χ2v) is 9.11. The molecule has 0 bridgehead atoms. The molecule has 0 saturated carbocycles. The Morgan fingerprint density at radius 3 is 2.58 bits per heavy atom. The average molecular weight is 554 g/mol. The Morgan fingerprint density at radius 1 is 1.18 bits per heavy atom. The lowest BCUT2D eigenvalue weighted by Crippen LogP contribution is -2.30. The first-order valence-electron chi connectivity index (χ1n) is 11.1. The van der Waals surface area contributed by atoms with Crippen LogP contribution in [0.15, 0.2) is 30.7 Å². The van der Waals surface area contributed by atoms with Crippen molar-refractivity contribution in [3.05, 3.63) is 63.2 Å². The lowest BCUT2D eigenvalue weighted by atomic mass is 10.1. The minimum atomic E-state index is -4.92. The number of rotatable bonds is 10. The molecule has 1 aromatic carbocycles. The molecule has 1 atom stereocenters. The molecule has 3 rings (SSSR count). The highest BCUT2D eigenvalue weighted by atomic mass is 32.1. The summed E-state index contributed by atoms with van der Waals surface area (Å²) in [5, 5.41) is 7.82. The van der Waals surface area contributed by atoms with E-state index in [2.05, 4.69) is 30.9 Å². The maximum atomic E-state index is 13.5. The molecule has 38 heavy (non-hydrogen) atoms. The zero-order chi connectivity index (χ0) is 28.0. The smallest absolute Gasteiger partial charge is 0.342 e. The van der Waals surface area contributed by atoms with Crippen molar-refractivity contribution < 1.29 is 31.9 Å². The molecule has 2 aromatic heterocycles. The largest absolute Gasteiger partial charge is 0.419 e. The van der Waals surface area contributed by atoms with Crippen molar-refractivity contribution in [2.75, 3.05) is 24.2 Å². The predicted octanol–water partition coefficient (Wildman–Crippen LogP) is 3.85. The van der Waals surface area contributed by atoms with Crippen molar-refractivity contribution in [2.24, 2.45) is 0 Å². The molecule has 0 aliphatic rings. The predicted molar refractivity (Wildman–Crippen MR) is 131 cm³/mol. The van der Waals surface area contributed by atoms with Crippen LogP contribution >= 0.6 is 11.3 Å². The summed E-state index contributed by atoms with van der Waals surface area (Å²) in [5.74, 6) is -2.59. The number of aromatic nitrogens is 3. The van der Waals surface area contributed by atoms with Gasteiger partial charge in [-0.25, -0.2) is 19.3 Å². The first-order chi connectivity index (χ1) is 17.9. The normalized spacial score (nSPS) is 12.2. The van der Waals surface area contributed by atoms with Gasteiger partial charge in [0.05, 0.1) is 17.8 Å². The number of benzene rings is 1. The van der Waals surface area contributed by atoms with Gasteiger partial charge in [-0.15, -0.1) is 11.3 Å². The first-order valence-corrected chi connectivity index (χ1v) is 11.9. The van der Waals surface area contributed by atoms with Crippen molar-refractivity contribution in [1.29, 1.82) is 0 Å². The Labute approximate surface area is 218 Å². The molecule has 0 radical (unpaired) electrons. The van der Waals surface area contributed by atoms with Crippen molar-refractivity contribution in [1.82, 2.24) is 25.2 Å². The summed E-state index contributed by atoms with van der Waals surface area (Å²) in [4.78, 5) is 50.7. The molecule has 202 valence electrons. The number of hydrogen-bond acceptors (Lipinski definition) is 8. The molecule has 15 heteroatoms. The Balaban J connectivity index is 1.75. The van der Waals surface area contributed by atoms with Gasteiger partial charge >= 0.3 is 6.18 Å². The van der Waals surface area contributed by atoms with Crippen molar-refractivity contribution in [3.8, 4) is 0 Å². The number of halogens is 4. The van der Waals surface area contributed by atoms with E-state index >= 15 is 0 Å². The van der Waals surface area contributed by atoms with Gasteiger partial charge in [0.2, 0.25) is 6.41 Å². The van der Waals surface area contributed by atoms with Crippen molar-refractivity contribution in [2.45, 2.75) is 32.6 Å². The summed E-state index contributed by atoms with van der Waals surface area (Å²) in [6.45, 7) is 4.48. The number of hydrogen-bond donors (Lipinski definition) is 3. The van der Waals surface area contributed by atoms with Crippen molar-refractivity contribution in [3.63, 3.8) is 0 Å². The van der Waals surface area contributed by atoms with E-state index in [1.54, 1.807) is 6.92 Å². The number of nitrogens with zero attached hydrogens (tertiary/aromatic N) is 4. The molecule has 0 fully saturated rings. The maximum Gasteiger partial charge on any atom is 0.419 e. The molecule has 0 saturated heterocycles. The van der Waals surface area contributed by atoms with E-state index in [9.17, 15) is 31.9 Å².